The molecule has 4 heteroatoms. The van der Waals surface area contributed by atoms with Crippen LogP contribution in [0.25, 0.3) is 0 Å². The molecule has 2 rings (SSSR count). The van der Waals surface area contributed by atoms with Crippen molar-refractivity contribution in [1.82, 2.24) is 0 Å². The molecule has 0 aliphatic rings. The molecule has 0 aliphatic carbocycles. The van der Waals surface area contributed by atoms with E-state index < -0.39 is 0 Å². The summed E-state index contributed by atoms with van der Waals surface area (Å²) in [7, 11) is 1.57. The Hall–Kier alpha value is -1.74. The molecule has 0 saturated heterocycles. The Labute approximate surface area is 129 Å². The number of anilines is 1. The molecule has 1 unspecified atom stereocenters. The van der Waals surface area contributed by atoms with Crippen LogP contribution in [0.3, 0.4) is 0 Å². The van der Waals surface area contributed by atoms with E-state index in [1.807, 2.05) is 24.3 Å². The number of methoxy groups -OCH3 is 1. The van der Waals surface area contributed by atoms with Gasteiger partial charge in [-0.25, -0.2) is 4.39 Å². The molecule has 2 nitrogen and oxygen atoms in total. The lowest BCUT2D eigenvalue weighted by Crippen LogP contribution is -2.11. The van der Waals surface area contributed by atoms with Crippen molar-refractivity contribution < 1.29 is 9.13 Å². The van der Waals surface area contributed by atoms with Crippen LogP contribution in [0.2, 0.25) is 5.02 Å². The molecule has 0 spiro atoms. The molecule has 0 radical (unpaired) electrons. The third-order valence-electron chi connectivity index (χ3n) is 3.35. The predicted molar refractivity (Wildman–Crippen MR) is 85.7 cm³/mol. The van der Waals surface area contributed by atoms with Crippen LogP contribution in [0.4, 0.5) is 10.1 Å². The molecule has 1 N–H and O–H groups in total. The Morgan fingerprint density at radius 2 is 1.90 bits per heavy atom. The molecule has 0 fully saturated rings. The number of ether oxygens (including phenoxy) is 1. The van der Waals surface area contributed by atoms with Crippen LogP contribution >= 0.6 is 11.6 Å². The maximum absolute atomic E-state index is 13.9. The predicted octanol–water partition coefficient (Wildman–Crippen LogP) is 5.44. The van der Waals surface area contributed by atoms with Gasteiger partial charge in [0.25, 0.3) is 0 Å². The molecule has 0 bridgehead atoms. The van der Waals surface area contributed by atoms with Crippen LogP contribution < -0.4 is 10.1 Å². The molecule has 0 aliphatic heterocycles. The second kappa shape index (κ2) is 7.32. The van der Waals surface area contributed by atoms with E-state index in [1.165, 1.54) is 6.07 Å². The second-order valence-electron chi connectivity index (χ2n) is 4.88. The summed E-state index contributed by atoms with van der Waals surface area (Å²) in [5.41, 5.74) is 1.53. The van der Waals surface area contributed by atoms with E-state index in [1.54, 1.807) is 19.2 Å². The Morgan fingerprint density at radius 1 is 1.19 bits per heavy atom. The van der Waals surface area contributed by atoms with Crippen molar-refractivity contribution in [2.45, 2.75) is 25.8 Å². The summed E-state index contributed by atoms with van der Waals surface area (Å²) in [4.78, 5) is 0. The number of halogens is 2. The Morgan fingerprint density at radius 3 is 2.52 bits per heavy atom. The van der Waals surface area contributed by atoms with Gasteiger partial charge in [0.1, 0.15) is 11.6 Å². The first-order valence-electron chi connectivity index (χ1n) is 6.99. The molecule has 112 valence electrons. The topological polar surface area (TPSA) is 21.3 Å². The van der Waals surface area contributed by atoms with Crippen LogP contribution in [0.1, 0.15) is 31.4 Å². The van der Waals surface area contributed by atoms with Crippen molar-refractivity contribution in [2.75, 3.05) is 12.4 Å². The van der Waals surface area contributed by atoms with Crippen LogP contribution in [0.5, 0.6) is 5.75 Å². The number of benzene rings is 2. The van der Waals surface area contributed by atoms with E-state index in [0.717, 1.165) is 18.4 Å². The standard InChI is InChI=1S/C17H19ClFNO/c1-3-4-16(12-5-7-13(18)8-6-12)20-17-11-14(21-2)9-10-15(17)19/h5-11,16,20H,3-4H2,1-2H3. The molecule has 0 aromatic heterocycles. The van der Waals surface area contributed by atoms with Crippen LogP contribution in [-0.2, 0) is 0 Å². The maximum Gasteiger partial charge on any atom is 0.146 e. The molecule has 2 aromatic rings. The molecule has 2 aromatic carbocycles. The lowest BCUT2D eigenvalue weighted by Gasteiger charge is -2.21. The normalized spacial score (nSPS) is 12.0. The first-order valence-corrected chi connectivity index (χ1v) is 7.37. The summed E-state index contributed by atoms with van der Waals surface area (Å²) in [6.07, 6.45) is 1.89. The van der Waals surface area contributed by atoms with E-state index in [9.17, 15) is 4.39 Å². The van der Waals surface area contributed by atoms with Gasteiger partial charge in [0.2, 0.25) is 0 Å². The van der Waals surface area contributed by atoms with Gasteiger partial charge in [0.05, 0.1) is 18.8 Å². The molecule has 0 saturated carbocycles. The number of hydrogen-bond donors (Lipinski definition) is 1. The first-order chi connectivity index (χ1) is 10.1. The van der Waals surface area contributed by atoms with Gasteiger partial charge in [-0.2, -0.15) is 0 Å². The van der Waals surface area contributed by atoms with Gasteiger partial charge in [0.15, 0.2) is 0 Å². The minimum absolute atomic E-state index is 0.0360. The largest absolute Gasteiger partial charge is 0.497 e. The van der Waals surface area contributed by atoms with Crippen LogP contribution in [-0.4, -0.2) is 7.11 Å². The average Bonchev–Trinajstić information content (AvgIpc) is 2.49. The van der Waals surface area contributed by atoms with Crippen LogP contribution in [0, 0.1) is 5.82 Å². The van der Waals surface area contributed by atoms with Gasteiger partial charge < -0.3 is 10.1 Å². The van der Waals surface area contributed by atoms with E-state index >= 15 is 0 Å². The van der Waals surface area contributed by atoms with Crippen molar-refractivity contribution >= 4 is 17.3 Å². The SMILES string of the molecule is CCCC(Nc1cc(OC)ccc1F)c1ccc(Cl)cc1. The smallest absolute Gasteiger partial charge is 0.146 e. The number of rotatable bonds is 6. The summed E-state index contributed by atoms with van der Waals surface area (Å²) in [6, 6.07) is 12.4. The third kappa shape index (κ3) is 4.11. The number of nitrogens with one attached hydrogen (secondary N) is 1. The van der Waals surface area contributed by atoms with E-state index in [-0.39, 0.29) is 11.9 Å². The average molecular weight is 308 g/mol. The lowest BCUT2D eigenvalue weighted by atomic mass is 10.0. The van der Waals surface area contributed by atoms with Crippen molar-refractivity contribution in [3.63, 3.8) is 0 Å². The molecule has 0 amide bonds. The molecular formula is C17H19ClFNO. The summed E-state index contributed by atoms with van der Waals surface area (Å²) in [6.45, 7) is 2.10. The monoisotopic (exact) mass is 307 g/mol. The zero-order valence-electron chi connectivity index (χ0n) is 12.2. The molecule has 21 heavy (non-hydrogen) atoms. The maximum atomic E-state index is 13.9. The highest BCUT2D eigenvalue weighted by atomic mass is 35.5. The fourth-order valence-corrected chi connectivity index (χ4v) is 2.36. The van der Waals surface area contributed by atoms with Gasteiger partial charge in [-0.15, -0.1) is 0 Å². The minimum atomic E-state index is -0.286. The van der Waals surface area contributed by atoms with Gasteiger partial charge >= 0.3 is 0 Å². The molecule has 1 atom stereocenters. The summed E-state index contributed by atoms with van der Waals surface area (Å²) < 4.78 is 19.1. The fraction of sp³-hybridized carbons (Fsp3) is 0.294. The first kappa shape index (κ1) is 15.6. The summed E-state index contributed by atoms with van der Waals surface area (Å²) in [5.74, 6) is 0.344. The third-order valence-corrected chi connectivity index (χ3v) is 3.60. The lowest BCUT2D eigenvalue weighted by molar-refractivity contribution is 0.414. The quantitative estimate of drug-likeness (QED) is 0.767. The van der Waals surface area contributed by atoms with Crippen molar-refractivity contribution in [3.8, 4) is 5.75 Å². The van der Waals surface area contributed by atoms with Crippen molar-refractivity contribution in [1.29, 1.82) is 0 Å². The highest BCUT2D eigenvalue weighted by molar-refractivity contribution is 6.30. The number of hydrogen-bond acceptors (Lipinski definition) is 2. The van der Waals surface area contributed by atoms with Gasteiger partial charge in [-0.1, -0.05) is 37.1 Å². The van der Waals surface area contributed by atoms with Crippen molar-refractivity contribution in [2.24, 2.45) is 0 Å². The van der Waals surface area contributed by atoms with Gasteiger partial charge in [0, 0.05) is 11.1 Å². The van der Waals surface area contributed by atoms with E-state index in [0.29, 0.717) is 16.5 Å². The highest BCUT2D eigenvalue weighted by Crippen LogP contribution is 2.28. The van der Waals surface area contributed by atoms with Gasteiger partial charge in [-0.05, 0) is 36.2 Å². The Kier molecular flexibility index (Phi) is 5.45. The Balaban J connectivity index is 2.25. The molecule has 0 heterocycles. The van der Waals surface area contributed by atoms with E-state index in [4.69, 9.17) is 16.3 Å². The highest BCUT2D eigenvalue weighted by Gasteiger charge is 2.13. The Bertz CT molecular complexity index is 586. The second-order valence-corrected chi connectivity index (χ2v) is 5.32. The fourth-order valence-electron chi connectivity index (χ4n) is 2.24. The van der Waals surface area contributed by atoms with Gasteiger partial charge in [-0.3, -0.25) is 0 Å². The zero-order valence-corrected chi connectivity index (χ0v) is 13.0. The van der Waals surface area contributed by atoms with E-state index in [2.05, 4.69) is 12.2 Å². The zero-order chi connectivity index (χ0) is 15.2. The molecular weight excluding hydrogens is 289 g/mol. The van der Waals surface area contributed by atoms with Crippen LogP contribution in [0.15, 0.2) is 42.5 Å². The van der Waals surface area contributed by atoms with Crippen molar-refractivity contribution in [3.05, 3.63) is 58.9 Å². The summed E-state index contributed by atoms with van der Waals surface area (Å²) >= 11 is 5.92. The summed E-state index contributed by atoms with van der Waals surface area (Å²) in [5, 5.41) is 3.96. The minimum Gasteiger partial charge on any atom is -0.497 e.